The highest BCUT2D eigenvalue weighted by Crippen LogP contribution is 2.43. The average Bonchev–Trinajstić information content (AvgIpc) is 2.51. The number of benzene rings is 1. The molecule has 0 bridgehead atoms. The molecule has 1 aliphatic heterocycles. The molecule has 0 spiro atoms. The minimum absolute atomic E-state index is 0.0444. The molecule has 0 aliphatic carbocycles. The lowest BCUT2D eigenvalue weighted by molar-refractivity contribution is -0.137. The van der Waals surface area contributed by atoms with Crippen molar-refractivity contribution in [3.05, 3.63) is 29.3 Å². The highest BCUT2D eigenvalue weighted by molar-refractivity contribution is 5.66. The van der Waals surface area contributed by atoms with Gasteiger partial charge >= 0.3 is 12.3 Å². The number of halogens is 3. The van der Waals surface area contributed by atoms with Gasteiger partial charge in [0.15, 0.2) is 0 Å². The van der Waals surface area contributed by atoms with Gasteiger partial charge in [-0.1, -0.05) is 26.8 Å². The SMILES string of the molecule is COc1cc(C(F)(F)F)ccc1C1CCN(C(=O)O)C(C(C)(C)C)C1. The summed E-state index contributed by atoms with van der Waals surface area (Å²) in [6.07, 6.45) is -4.28. The lowest BCUT2D eigenvalue weighted by Crippen LogP contribution is -2.51. The van der Waals surface area contributed by atoms with Crippen molar-refractivity contribution >= 4 is 6.09 Å². The van der Waals surface area contributed by atoms with Gasteiger partial charge in [0.25, 0.3) is 0 Å². The Hall–Kier alpha value is -1.92. The summed E-state index contributed by atoms with van der Waals surface area (Å²) in [5.74, 6) is 0.160. The second-order valence-corrected chi connectivity index (χ2v) is 7.53. The van der Waals surface area contributed by atoms with E-state index in [-0.39, 0.29) is 23.1 Å². The molecule has 140 valence electrons. The molecule has 4 nitrogen and oxygen atoms in total. The number of hydrogen-bond donors (Lipinski definition) is 1. The van der Waals surface area contributed by atoms with Crippen molar-refractivity contribution in [3.8, 4) is 5.75 Å². The molecule has 2 rings (SSSR count). The number of alkyl halides is 3. The van der Waals surface area contributed by atoms with Crippen molar-refractivity contribution in [2.24, 2.45) is 5.41 Å². The van der Waals surface area contributed by atoms with Crippen molar-refractivity contribution in [2.75, 3.05) is 13.7 Å². The maximum atomic E-state index is 12.9. The van der Waals surface area contributed by atoms with E-state index in [2.05, 4.69) is 0 Å². The zero-order valence-corrected chi connectivity index (χ0v) is 14.9. The van der Waals surface area contributed by atoms with Gasteiger partial charge in [-0.2, -0.15) is 13.2 Å². The third kappa shape index (κ3) is 4.19. The topological polar surface area (TPSA) is 49.8 Å². The van der Waals surface area contributed by atoms with Crippen LogP contribution in [0.2, 0.25) is 0 Å². The van der Waals surface area contributed by atoms with Gasteiger partial charge in [0.2, 0.25) is 0 Å². The van der Waals surface area contributed by atoms with Crippen LogP contribution in [0.1, 0.15) is 50.7 Å². The first-order valence-corrected chi connectivity index (χ1v) is 8.20. The van der Waals surface area contributed by atoms with Crippen molar-refractivity contribution in [2.45, 2.75) is 51.7 Å². The number of amides is 1. The van der Waals surface area contributed by atoms with Gasteiger partial charge in [-0.25, -0.2) is 4.79 Å². The number of methoxy groups -OCH3 is 1. The van der Waals surface area contributed by atoms with Crippen molar-refractivity contribution in [3.63, 3.8) is 0 Å². The molecule has 2 unspecified atom stereocenters. The summed E-state index contributed by atoms with van der Waals surface area (Å²) >= 11 is 0. The highest BCUT2D eigenvalue weighted by Gasteiger charge is 2.40. The van der Waals surface area contributed by atoms with Crippen LogP contribution in [0.5, 0.6) is 5.75 Å². The number of rotatable bonds is 2. The molecular weight excluding hydrogens is 335 g/mol. The summed E-state index contributed by atoms with van der Waals surface area (Å²) in [6, 6.07) is 3.33. The normalized spacial score (nSPS) is 22.0. The van der Waals surface area contributed by atoms with Gasteiger partial charge in [-0.15, -0.1) is 0 Å². The maximum absolute atomic E-state index is 12.9. The van der Waals surface area contributed by atoms with Crippen molar-refractivity contribution in [1.29, 1.82) is 0 Å². The maximum Gasteiger partial charge on any atom is 0.416 e. The first kappa shape index (κ1) is 19.4. The number of carboxylic acid groups (broad SMARTS) is 1. The van der Waals surface area contributed by atoms with Crippen LogP contribution in [0, 0.1) is 5.41 Å². The summed E-state index contributed by atoms with van der Waals surface area (Å²) < 4.78 is 43.9. The van der Waals surface area contributed by atoms with Gasteiger partial charge in [-0.05, 0) is 41.9 Å². The Morgan fingerprint density at radius 2 is 1.92 bits per heavy atom. The molecule has 25 heavy (non-hydrogen) atoms. The predicted octanol–water partition coefficient (Wildman–Crippen LogP) is 4.99. The fourth-order valence-corrected chi connectivity index (χ4v) is 3.52. The Morgan fingerprint density at radius 3 is 2.40 bits per heavy atom. The van der Waals surface area contributed by atoms with E-state index in [1.807, 2.05) is 20.8 Å². The van der Waals surface area contributed by atoms with E-state index in [1.165, 1.54) is 18.1 Å². The molecule has 0 aromatic heterocycles. The molecule has 1 aliphatic rings. The van der Waals surface area contributed by atoms with Gasteiger partial charge in [0.1, 0.15) is 5.75 Å². The van der Waals surface area contributed by atoms with Crippen LogP contribution in [0.25, 0.3) is 0 Å². The van der Waals surface area contributed by atoms with Crippen LogP contribution in [0.3, 0.4) is 0 Å². The number of piperidine rings is 1. The molecule has 0 saturated carbocycles. The number of nitrogens with zero attached hydrogens (tertiary/aromatic N) is 1. The fourth-order valence-electron chi connectivity index (χ4n) is 3.52. The molecule has 1 aromatic carbocycles. The number of likely N-dealkylation sites (tertiary alicyclic amines) is 1. The Morgan fingerprint density at radius 1 is 1.28 bits per heavy atom. The van der Waals surface area contributed by atoms with Gasteiger partial charge in [0, 0.05) is 12.6 Å². The van der Waals surface area contributed by atoms with Crippen LogP contribution < -0.4 is 4.74 Å². The molecule has 2 atom stereocenters. The van der Waals surface area contributed by atoms with E-state index in [4.69, 9.17) is 4.74 Å². The second kappa shape index (κ2) is 6.77. The first-order valence-electron chi connectivity index (χ1n) is 8.20. The van der Waals surface area contributed by atoms with Gasteiger partial charge in [-0.3, -0.25) is 0 Å². The predicted molar refractivity (Wildman–Crippen MR) is 87.9 cm³/mol. The zero-order chi connectivity index (χ0) is 19.0. The molecule has 1 saturated heterocycles. The monoisotopic (exact) mass is 359 g/mol. The van der Waals surface area contributed by atoms with E-state index in [0.29, 0.717) is 24.9 Å². The van der Waals surface area contributed by atoms with E-state index in [9.17, 15) is 23.1 Å². The molecule has 1 heterocycles. The molecule has 7 heteroatoms. The van der Waals surface area contributed by atoms with Crippen LogP contribution in [0.4, 0.5) is 18.0 Å². The lowest BCUT2D eigenvalue weighted by Gasteiger charge is -2.45. The average molecular weight is 359 g/mol. The minimum Gasteiger partial charge on any atom is -0.496 e. The first-order chi connectivity index (χ1) is 11.4. The fraction of sp³-hybridized carbons (Fsp3) is 0.611. The van der Waals surface area contributed by atoms with Crippen LogP contribution in [-0.2, 0) is 6.18 Å². The van der Waals surface area contributed by atoms with Crippen LogP contribution in [0.15, 0.2) is 18.2 Å². The number of carbonyl (C=O) groups is 1. The largest absolute Gasteiger partial charge is 0.496 e. The summed E-state index contributed by atoms with van der Waals surface area (Å²) in [4.78, 5) is 12.9. The van der Waals surface area contributed by atoms with E-state index in [1.54, 1.807) is 0 Å². The Kier molecular flexibility index (Phi) is 5.25. The summed E-state index contributed by atoms with van der Waals surface area (Å²) in [5, 5.41) is 9.43. The Bertz CT molecular complexity index is 637. The van der Waals surface area contributed by atoms with Crippen LogP contribution in [-0.4, -0.2) is 35.8 Å². The summed E-state index contributed by atoms with van der Waals surface area (Å²) in [5.41, 5.74) is -0.311. The molecular formula is C18H24F3NO3. The summed E-state index contributed by atoms with van der Waals surface area (Å²) in [6.45, 7) is 6.27. The second-order valence-electron chi connectivity index (χ2n) is 7.53. The molecule has 1 N–H and O–H groups in total. The third-order valence-electron chi connectivity index (χ3n) is 4.85. The third-order valence-corrected chi connectivity index (χ3v) is 4.85. The van der Waals surface area contributed by atoms with Gasteiger partial charge in [0.05, 0.1) is 12.7 Å². The van der Waals surface area contributed by atoms with Crippen molar-refractivity contribution in [1.82, 2.24) is 4.90 Å². The highest BCUT2D eigenvalue weighted by atomic mass is 19.4. The Balaban J connectivity index is 2.34. The smallest absolute Gasteiger partial charge is 0.416 e. The Labute approximate surface area is 145 Å². The standard InChI is InChI=1S/C18H24F3NO3/c1-17(2,3)15-9-11(7-8-22(15)16(23)24)13-6-5-12(18(19,20)21)10-14(13)25-4/h5-6,10-11,15H,7-9H2,1-4H3,(H,23,24). The van der Waals surface area contributed by atoms with E-state index < -0.39 is 17.8 Å². The van der Waals surface area contributed by atoms with E-state index in [0.717, 1.165) is 12.1 Å². The van der Waals surface area contributed by atoms with Crippen LogP contribution >= 0.6 is 0 Å². The zero-order valence-electron chi connectivity index (χ0n) is 14.9. The minimum atomic E-state index is -4.42. The van der Waals surface area contributed by atoms with Crippen molar-refractivity contribution < 1.29 is 27.8 Å². The lowest BCUT2D eigenvalue weighted by atomic mass is 9.75. The summed E-state index contributed by atoms with van der Waals surface area (Å²) in [7, 11) is 1.35. The number of hydrogen-bond acceptors (Lipinski definition) is 2. The molecule has 1 amide bonds. The number of ether oxygens (including phenoxy) is 1. The molecule has 1 fully saturated rings. The van der Waals surface area contributed by atoms with E-state index >= 15 is 0 Å². The molecule has 1 aromatic rings. The quantitative estimate of drug-likeness (QED) is 0.810. The molecule has 0 radical (unpaired) electrons. The van der Waals surface area contributed by atoms with Gasteiger partial charge < -0.3 is 14.7 Å².